The molecule has 1 aliphatic rings. The van der Waals surface area contributed by atoms with Crippen molar-refractivity contribution in [1.29, 1.82) is 0 Å². The summed E-state index contributed by atoms with van der Waals surface area (Å²) in [5.74, 6) is -1.20. The number of ether oxygens (including phenoxy) is 1. The number of Topliss-reactive ketones (excluding diaryl/α,β-unsaturated/α-hetero) is 1. The molecule has 0 heterocycles. The van der Waals surface area contributed by atoms with E-state index in [0.717, 1.165) is 0 Å². The van der Waals surface area contributed by atoms with Crippen molar-refractivity contribution in [1.82, 2.24) is 0 Å². The van der Waals surface area contributed by atoms with Gasteiger partial charge >= 0.3 is 5.97 Å². The molecule has 0 fully saturated rings. The molecule has 1 N–H and O–H groups in total. The quantitative estimate of drug-likeness (QED) is 0.649. The number of rotatable bonds is 2. The van der Waals surface area contributed by atoms with Gasteiger partial charge in [-0.1, -0.05) is 0 Å². The number of hydrogen-bond donors (Lipinski definition) is 1. The van der Waals surface area contributed by atoms with E-state index in [4.69, 9.17) is 9.84 Å². The zero-order chi connectivity index (χ0) is 9.84. The molecule has 0 aliphatic heterocycles. The number of ketones is 1. The number of esters is 1. The highest BCUT2D eigenvalue weighted by Gasteiger charge is 2.26. The van der Waals surface area contributed by atoms with E-state index in [1.807, 2.05) is 0 Å². The maximum absolute atomic E-state index is 11.2. The normalized spacial score (nSPS) is 22.4. The van der Waals surface area contributed by atoms with Crippen LogP contribution in [0.25, 0.3) is 0 Å². The van der Waals surface area contributed by atoms with Gasteiger partial charge in [-0.2, -0.15) is 0 Å². The molecule has 0 aromatic carbocycles. The van der Waals surface area contributed by atoms with Gasteiger partial charge in [-0.05, 0) is 13.0 Å². The molecule has 0 bridgehead atoms. The van der Waals surface area contributed by atoms with E-state index in [1.54, 1.807) is 6.92 Å². The summed E-state index contributed by atoms with van der Waals surface area (Å²) in [6, 6.07) is 0. The van der Waals surface area contributed by atoms with Gasteiger partial charge in [0, 0.05) is 6.42 Å². The highest BCUT2D eigenvalue weighted by molar-refractivity contribution is 5.88. The minimum atomic E-state index is -0.596. The Bertz CT molecular complexity index is 254. The molecule has 1 rings (SSSR count). The summed E-state index contributed by atoms with van der Waals surface area (Å²) in [7, 11) is 0. The van der Waals surface area contributed by atoms with Crippen molar-refractivity contribution in [3.8, 4) is 0 Å². The third-order valence-electron chi connectivity index (χ3n) is 1.81. The van der Waals surface area contributed by atoms with Crippen molar-refractivity contribution in [3.05, 3.63) is 11.8 Å². The van der Waals surface area contributed by atoms with Crippen LogP contribution in [0.2, 0.25) is 0 Å². The van der Waals surface area contributed by atoms with E-state index in [-0.39, 0.29) is 31.0 Å². The van der Waals surface area contributed by atoms with E-state index in [2.05, 4.69) is 0 Å². The van der Waals surface area contributed by atoms with E-state index in [1.165, 1.54) is 6.08 Å². The van der Waals surface area contributed by atoms with Gasteiger partial charge in [-0.3, -0.25) is 9.59 Å². The summed E-state index contributed by atoms with van der Waals surface area (Å²) >= 11 is 0. The molecule has 0 spiro atoms. The third kappa shape index (κ3) is 2.57. The molecule has 0 aromatic heterocycles. The second-order valence-corrected chi connectivity index (χ2v) is 2.94. The molecule has 1 atom stereocenters. The molecule has 13 heavy (non-hydrogen) atoms. The van der Waals surface area contributed by atoms with Crippen LogP contribution < -0.4 is 0 Å². The monoisotopic (exact) mass is 184 g/mol. The fraction of sp³-hybridized carbons (Fsp3) is 0.556. The number of allylic oxidation sites excluding steroid dienone is 1. The smallest absolute Gasteiger partial charge is 0.313 e. The Morgan fingerprint density at radius 2 is 2.46 bits per heavy atom. The topological polar surface area (TPSA) is 63.6 Å². The van der Waals surface area contributed by atoms with Gasteiger partial charge in [0.1, 0.15) is 5.78 Å². The highest BCUT2D eigenvalue weighted by Crippen LogP contribution is 2.19. The molecule has 1 unspecified atom stereocenters. The Hall–Kier alpha value is -1.32. The van der Waals surface area contributed by atoms with Crippen LogP contribution in [-0.4, -0.2) is 23.5 Å². The Morgan fingerprint density at radius 3 is 3.00 bits per heavy atom. The summed E-state index contributed by atoms with van der Waals surface area (Å²) in [5.41, 5.74) is 0. The first-order chi connectivity index (χ1) is 6.13. The second kappa shape index (κ2) is 4.07. The van der Waals surface area contributed by atoms with Crippen molar-refractivity contribution in [3.63, 3.8) is 0 Å². The summed E-state index contributed by atoms with van der Waals surface area (Å²) in [4.78, 5) is 22.1. The maximum atomic E-state index is 11.2. The molecule has 0 aromatic rings. The standard InChI is InChI=1S/C9H12O4/c1-2-13-9(12)6-3-7(10)5-8(11)4-6/h3,6,10H,2,4-5H2,1H3. The zero-order valence-corrected chi connectivity index (χ0v) is 7.45. The van der Waals surface area contributed by atoms with Crippen LogP contribution in [0.4, 0.5) is 0 Å². The zero-order valence-electron chi connectivity index (χ0n) is 7.45. The van der Waals surface area contributed by atoms with Crippen molar-refractivity contribution in [2.75, 3.05) is 6.61 Å². The predicted octanol–water partition coefficient (Wildman–Crippen LogP) is 0.970. The van der Waals surface area contributed by atoms with E-state index in [9.17, 15) is 9.59 Å². The fourth-order valence-electron chi connectivity index (χ4n) is 1.27. The van der Waals surface area contributed by atoms with Crippen LogP contribution in [0.1, 0.15) is 19.8 Å². The van der Waals surface area contributed by atoms with Gasteiger partial charge in [-0.15, -0.1) is 0 Å². The van der Waals surface area contributed by atoms with E-state index in [0.29, 0.717) is 0 Å². The minimum Gasteiger partial charge on any atom is -0.512 e. The van der Waals surface area contributed by atoms with Crippen LogP contribution >= 0.6 is 0 Å². The molecule has 4 heteroatoms. The van der Waals surface area contributed by atoms with Gasteiger partial charge in [0.2, 0.25) is 0 Å². The molecule has 1 aliphatic carbocycles. The maximum Gasteiger partial charge on any atom is 0.313 e. The average molecular weight is 184 g/mol. The molecule has 72 valence electrons. The summed E-state index contributed by atoms with van der Waals surface area (Å²) in [5, 5.41) is 9.10. The first-order valence-electron chi connectivity index (χ1n) is 4.21. The lowest BCUT2D eigenvalue weighted by Gasteiger charge is -2.15. The molecule has 0 saturated heterocycles. The molecule has 0 radical (unpaired) electrons. The van der Waals surface area contributed by atoms with Crippen molar-refractivity contribution in [2.24, 2.45) is 5.92 Å². The average Bonchev–Trinajstić information content (AvgIpc) is 2.03. The van der Waals surface area contributed by atoms with Gasteiger partial charge in [0.15, 0.2) is 0 Å². The Kier molecular flexibility index (Phi) is 3.06. The van der Waals surface area contributed by atoms with Crippen LogP contribution in [0.5, 0.6) is 0 Å². The van der Waals surface area contributed by atoms with Crippen molar-refractivity contribution < 1.29 is 19.4 Å². The van der Waals surface area contributed by atoms with Crippen LogP contribution in [-0.2, 0) is 14.3 Å². The molecule has 0 amide bonds. The van der Waals surface area contributed by atoms with Gasteiger partial charge in [0.25, 0.3) is 0 Å². The lowest BCUT2D eigenvalue weighted by Crippen LogP contribution is -2.23. The molecular formula is C9H12O4. The second-order valence-electron chi connectivity index (χ2n) is 2.94. The Morgan fingerprint density at radius 1 is 1.77 bits per heavy atom. The summed E-state index contributed by atoms with van der Waals surface area (Å²) < 4.78 is 4.73. The third-order valence-corrected chi connectivity index (χ3v) is 1.81. The summed E-state index contributed by atoms with van der Waals surface area (Å²) in [6.07, 6.45) is 1.57. The van der Waals surface area contributed by atoms with E-state index >= 15 is 0 Å². The van der Waals surface area contributed by atoms with E-state index < -0.39 is 11.9 Å². The number of carbonyl (C=O) groups is 2. The molecule has 0 saturated carbocycles. The number of aliphatic hydroxyl groups excluding tert-OH is 1. The van der Waals surface area contributed by atoms with Gasteiger partial charge in [0.05, 0.1) is 24.7 Å². The van der Waals surface area contributed by atoms with Gasteiger partial charge < -0.3 is 9.84 Å². The SMILES string of the molecule is CCOC(=O)C1C=C(O)CC(=O)C1. The Balaban J connectivity index is 2.64. The number of hydrogen-bond acceptors (Lipinski definition) is 4. The first kappa shape index (κ1) is 9.77. The van der Waals surface area contributed by atoms with Crippen LogP contribution in [0, 0.1) is 5.92 Å². The van der Waals surface area contributed by atoms with Gasteiger partial charge in [-0.25, -0.2) is 0 Å². The number of aliphatic hydroxyl groups is 1. The first-order valence-corrected chi connectivity index (χ1v) is 4.21. The Labute approximate surface area is 76.2 Å². The van der Waals surface area contributed by atoms with Crippen molar-refractivity contribution in [2.45, 2.75) is 19.8 Å². The fourth-order valence-corrected chi connectivity index (χ4v) is 1.27. The highest BCUT2D eigenvalue weighted by atomic mass is 16.5. The van der Waals surface area contributed by atoms with Crippen LogP contribution in [0.15, 0.2) is 11.8 Å². The lowest BCUT2D eigenvalue weighted by atomic mass is 9.94. The van der Waals surface area contributed by atoms with Crippen molar-refractivity contribution >= 4 is 11.8 Å². The molecular weight excluding hydrogens is 172 g/mol. The number of carbonyl (C=O) groups excluding carboxylic acids is 2. The lowest BCUT2D eigenvalue weighted by molar-refractivity contribution is -0.148. The molecule has 4 nitrogen and oxygen atoms in total. The largest absolute Gasteiger partial charge is 0.512 e. The minimum absolute atomic E-state index is 0.0331. The summed E-state index contributed by atoms with van der Waals surface area (Å²) in [6.45, 7) is 1.99. The predicted molar refractivity (Wildman–Crippen MR) is 45.1 cm³/mol. The van der Waals surface area contributed by atoms with Crippen LogP contribution in [0.3, 0.4) is 0 Å².